The van der Waals surface area contributed by atoms with Gasteiger partial charge in [0.05, 0.1) is 6.54 Å². The highest BCUT2D eigenvalue weighted by molar-refractivity contribution is 5.52. The molecule has 0 spiro atoms. The van der Waals surface area contributed by atoms with Crippen molar-refractivity contribution < 1.29 is 4.79 Å². The fraction of sp³-hybridized carbons (Fsp3) is 0.750. The minimum Gasteiger partial charge on any atom is -0.302 e. The van der Waals surface area contributed by atoms with Gasteiger partial charge in [0.1, 0.15) is 0 Å². The zero-order chi connectivity index (χ0) is 4.99. The highest BCUT2D eigenvalue weighted by Crippen LogP contribution is 1.62. The topological polar surface area (TPSA) is 20.3 Å². The van der Waals surface area contributed by atoms with Gasteiger partial charge in [-0.15, -0.1) is 0 Å². The lowest BCUT2D eigenvalue weighted by atomic mass is 10.7. The van der Waals surface area contributed by atoms with Crippen LogP contribution in [0.3, 0.4) is 0 Å². The summed E-state index contributed by atoms with van der Waals surface area (Å²) >= 11 is 0. The van der Waals surface area contributed by atoms with Crippen molar-refractivity contribution in [3.05, 3.63) is 0 Å². The van der Waals surface area contributed by atoms with Crippen molar-refractivity contribution in [2.75, 3.05) is 20.6 Å². The molecule has 0 aromatic rings. The number of likely N-dealkylation sites (N-methyl/N-ethyl adjacent to an activating group) is 1. The molecule has 0 N–H and O–H groups in total. The van der Waals surface area contributed by atoms with Crippen LogP contribution in [-0.4, -0.2) is 31.8 Å². The molecule has 0 amide bonds. The zero-order valence-electron chi connectivity index (χ0n) is 4.06. The Morgan fingerprint density at radius 2 is 2.17 bits per heavy atom. The lowest BCUT2D eigenvalue weighted by Crippen LogP contribution is -2.13. The molecule has 2 heteroatoms. The molecule has 0 unspecified atom stereocenters. The van der Waals surface area contributed by atoms with E-state index in [2.05, 4.69) is 0 Å². The van der Waals surface area contributed by atoms with Crippen LogP contribution in [0.5, 0.6) is 0 Å². The number of hydrogen-bond donors (Lipinski definition) is 0. The van der Waals surface area contributed by atoms with Gasteiger partial charge in [-0.25, -0.2) is 0 Å². The van der Waals surface area contributed by atoms with Gasteiger partial charge in [0.15, 0.2) is 0 Å². The molecule has 6 heavy (non-hydrogen) atoms. The molecule has 0 rings (SSSR count). The highest BCUT2D eigenvalue weighted by atomic mass is 16.1. The molecule has 0 aliphatic heterocycles. The fourth-order valence-corrected chi connectivity index (χ4v) is 0.129. The maximum atomic E-state index is 9.45. The Kier molecular flexibility index (Phi) is 2.67. The molecule has 0 aromatic heterocycles. The summed E-state index contributed by atoms with van der Waals surface area (Å²) in [6.45, 7) is 0.403. The first-order valence-corrected chi connectivity index (χ1v) is 1.77. The molecular weight excluding hydrogens is 78.0 g/mol. The Morgan fingerprint density at radius 3 is 2.17 bits per heavy atom. The summed E-state index contributed by atoms with van der Waals surface area (Å²) in [7, 11) is 3.65. The summed E-state index contributed by atoms with van der Waals surface area (Å²) in [5, 5.41) is 0. The van der Waals surface area contributed by atoms with E-state index in [1.165, 1.54) is 0 Å². The molecule has 0 bridgehead atoms. The second-order valence-electron chi connectivity index (χ2n) is 1.38. The van der Waals surface area contributed by atoms with Crippen LogP contribution in [0.2, 0.25) is 0 Å². The van der Waals surface area contributed by atoms with Crippen LogP contribution < -0.4 is 0 Å². The quantitative estimate of drug-likeness (QED) is 0.458. The Morgan fingerprint density at radius 1 is 1.67 bits per heavy atom. The van der Waals surface area contributed by atoms with E-state index in [1.807, 2.05) is 14.1 Å². The average Bonchev–Trinajstić information content (AvgIpc) is 1.35. The van der Waals surface area contributed by atoms with Crippen LogP contribution >= 0.6 is 0 Å². The van der Waals surface area contributed by atoms with Crippen LogP contribution in [0, 0.1) is 0 Å². The van der Waals surface area contributed by atoms with E-state index in [1.54, 1.807) is 11.2 Å². The number of carbonyl (C=O) groups excluding carboxylic acids is 1. The van der Waals surface area contributed by atoms with E-state index in [9.17, 15) is 4.79 Å². The van der Waals surface area contributed by atoms with Crippen molar-refractivity contribution in [2.24, 2.45) is 0 Å². The molecule has 0 aromatic carbocycles. The monoisotopic (exact) mass is 86.1 g/mol. The first kappa shape index (κ1) is 5.63. The molecule has 2 nitrogen and oxygen atoms in total. The second kappa shape index (κ2) is 2.85. The molecule has 0 atom stereocenters. The van der Waals surface area contributed by atoms with Gasteiger partial charge in [-0.05, 0) is 14.1 Å². The van der Waals surface area contributed by atoms with E-state index in [-0.39, 0.29) is 0 Å². The maximum Gasteiger partial charge on any atom is 0.213 e. The van der Waals surface area contributed by atoms with Gasteiger partial charge in [-0.1, -0.05) is 0 Å². The van der Waals surface area contributed by atoms with Gasteiger partial charge in [0.25, 0.3) is 0 Å². The Bertz CT molecular complexity index is 42.8. The summed E-state index contributed by atoms with van der Waals surface area (Å²) in [6.07, 6.45) is 1.74. The second-order valence-corrected chi connectivity index (χ2v) is 1.38. The van der Waals surface area contributed by atoms with Crippen molar-refractivity contribution in [1.29, 1.82) is 0 Å². The predicted molar refractivity (Wildman–Crippen MR) is 24.2 cm³/mol. The largest absolute Gasteiger partial charge is 0.302 e. The Hall–Kier alpha value is -0.370. The van der Waals surface area contributed by atoms with Crippen molar-refractivity contribution >= 4 is 6.29 Å². The van der Waals surface area contributed by atoms with Crippen LogP contribution in [0.15, 0.2) is 0 Å². The highest BCUT2D eigenvalue weighted by Gasteiger charge is 1.80. The Labute approximate surface area is 37.8 Å². The van der Waals surface area contributed by atoms with Crippen molar-refractivity contribution in [3.63, 3.8) is 0 Å². The molecule has 0 aliphatic carbocycles. The normalized spacial score (nSPS) is 9.17. The Balaban J connectivity index is 2.81. The van der Waals surface area contributed by atoms with E-state index in [0.717, 1.165) is 0 Å². The van der Waals surface area contributed by atoms with Gasteiger partial charge in [-0.3, -0.25) is 4.79 Å². The van der Waals surface area contributed by atoms with E-state index in [0.29, 0.717) is 6.54 Å². The van der Waals surface area contributed by atoms with E-state index < -0.39 is 0 Å². The van der Waals surface area contributed by atoms with Crippen LogP contribution in [0.4, 0.5) is 0 Å². The smallest absolute Gasteiger partial charge is 0.213 e. The molecular formula is C4H8NO. The SMILES string of the molecule is CN(C)C[C]=O. The number of hydrogen-bond acceptors (Lipinski definition) is 2. The predicted octanol–water partition coefficient (Wildman–Crippen LogP) is -0.342. The molecule has 0 aliphatic rings. The van der Waals surface area contributed by atoms with Crippen molar-refractivity contribution in [1.82, 2.24) is 4.90 Å². The third-order valence-electron chi connectivity index (χ3n) is 0.381. The first-order chi connectivity index (χ1) is 2.77. The van der Waals surface area contributed by atoms with Gasteiger partial charge in [0.2, 0.25) is 6.29 Å². The molecule has 35 valence electrons. The third-order valence-corrected chi connectivity index (χ3v) is 0.381. The standard InChI is InChI=1S/C4H8NO/c1-5(2)3-4-6/h3H2,1-2H3. The van der Waals surface area contributed by atoms with Crippen molar-refractivity contribution in [3.8, 4) is 0 Å². The van der Waals surface area contributed by atoms with Gasteiger partial charge in [0, 0.05) is 0 Å². The van der Waals surface area contributed by atoms with Crippen LogP contribution in [0.25, 0.3) is 0 Å². The number of nitrogens with zero attached hydrogens (tertiary/aromatic N) is 1. The van der Waals surface area contributed by atoms with Crippen LogP contribution in [0.1, 0.15) is 0 Å². The van der Waals surface area contributed by atoms with Crippen LogP contribution in [-0.2, 0) is 4.79 Å². The lowest BCUT2D eigenvalue weighted by Gasteiger charge is -1.98. The molecule has 0 fully saturated rings. The summed E-state index contributed by atoms with van der Waals surface area (Å²) in [4.78, 5) is 11.2. The summed E-state index contributed by atoms with van der Waals surface area (Å²) < 4.78 is 0. The summed E-state index contributed by atoms with van der Waals surface area (Å²) in [6, 6.07) is 0. The summed E-state index contributed by atoms with van der Waals surface area (Å²) in [5.74, 6) is 0. The molecule has 0 heterocycles. The molecule has 0 saturated heterocycles. The minimum absolute atomic E-state index is 0.403. The number of rotatable bonds is 2. The first-order valence-electron chi connectivity index (χ1n) is 1.77. The van der Waals surface area contributed by atoms with E-state index in [4.69, 9.17) is 0 Å². The maximum absolute atomic E-state index is 9.45. The van der Waals surface area contributed by atoms with E-state index >= 15 is 0 Å². The zero-order valence-corrected chi connectivity index (χ0v) is 4.06. The van der Waals surface area contributed by atoms with Gasteiger partial charge < -0.3 is 4.90 Å². The van der Waals surface area contributed by atoms with Gasteiger partial charge >= 0.3 is 0 Å². The fourth-order valence-electron chi connectivity index (χ4n) is 0.129. The van der Waals surface area contributed by atoms with Crippen molar-refractivity contribution in [2.45, 2.75) is 0 Å². The summed E-state index contributed by atoms with van der Waals surface area (Å²) in [5.41, 5.74) is 0. The molecule has 0 saturated carbocycles. The van der Waals surface area contributed by atoms with Gasteiger partial charge in [-0.2, -0.15) is 0 Å². The molecule has 1 radical (unpaired) electrons. The average molecular weight is 86.1 g/mol. The lowest BCUT2D eigenvalue weighted by molar-refractivity contribution is 0.447. The third kappa shape index (κ3) is 3.63. The minimum atomic E-state index is 0.403.